The van der Waals surface area contributed by atoms with Gasteiger partial charge in [-0.25, -0.2) is 9.59 Å². The molecule has 0 bridgehead atoms. The fraction of sp³-hybridized carbons (Fsp3) is 0.0455. The number of carbonyl (C=O) groups is 6. The summed E-state index contributed by atoms with van der Waals surface area (Å²) in [5, 5.41) is 31.5. The van der Waals surface area contributed by atoms with Gasteiger partial charge in [0.15, 0.2) is 11.4 Å². The second-order valence-corrected chi connectivity index (χ2v) is 17.3. The standard InChI is InChI=1S/C44H32N6O14S2/c1-21-15-25(43(55)56)7-13-33(21)47-49-37-35(65(59,60)61)19-27-17-29(9-11-31(27)39(37)51)45-41(53)23-3-5-24(6-4-23)42(54)46-30-10-12-32-28(18-30)20-36(66(62,63)64)38(40(32)52)50-48-34-14-8-26(44(57)58)16-22(34)2/h3-20,47-48H,1-2H3,(H,45,53)(H,46,54)(H,55,56)(H,57,58)(H,59,60,61)(H,62,63,64)/b49-37-,50-38-. The van der Waals surface area contributed by atoms with Crippen LogP contribution in [0.25, 0.3) is 12.2 Å². The Hall–Kier alpha value is -8.44. The molecule has 0 aromatic heterocycles. The van der Waals surface area contributed by atoms with Gasteiger partial charge in [-0.2, -0.15) is 27.0 Å². The Morgan fingerprint density at radius 1 is 0.500 bits per heavy atom. The molecule has 334 valence electrons. The van der Waals surface area contributed by atoms with Crippen molar-refractivity contribution < 1.29 is 64.9 Å². The summed E-state index contributed by atoms with van der Waals surface area (Å²) >= 11 is 0. The monoisotopic (exact) mass is 932 g/mol. The number of aromatic carboxylic acids is 2. The molecule has 66 heavy (non-hydrogen) atoms. The number of anilines is 4. The van der Waals surface area contributed by atoms with E-state index in [-0.39, 0.29) is 67.3 Å². The van der Waals surface area contributed by atoms with Crippen molar-refractivity contribution in [3.63, 3.8) is 0 Å². The van der Waals surface area contributed by atoms with Crippen molar-refractivity contribution >= 4 is 102 Å². The summed E-state index contributed by atoms with van der Waals surface area (Å²) in [6.45, 7) is 3.13. The molecule has 0 heterocycles. The van der Waals surface area contributed by atoms with Crippen molar-refractivity contribution in [3.8, 4) is 0 Å². The highest BCUT2D eigenvalue weighted by atomic mass is 32.2. The molecule has 0 saturated heterocycles. The number of fused-ring (bicyclic) bond motifs is 2. The van der Waals surface area contributed by atoms with E-state index in [1.165, 1.54) is 97.1 Å². The molecule has 0 spiro atoms. The van der Waals surface area contributed by atoms with Crippen LogP contribution in [0, 0.1) is 13.8 Å². The van der Waals surface area contributed by atoms with Crippen molar-refractivity contribution in [2.75, 3.05) is 21.5 Å². The normalized spacial score (nSPS) is 14.7. The number of Topliss-reactive ketones (excluding diaryl/α,β-unsaturated/α-hetero) is 2. The van der Waals surface area contributed by atoms with Gasteiger partial charge in [-0.1, -0.05) is 0 Å². The number of nitrogens with zero attached hydrogens (tertiary/aromatic N) is 2. The number of hydrogen-bond donors (Lipinski definition) is 8. The van der Waals surface area contributed by atoms with Crippen LogP contribution in [0.15, 0.2) is 117 Å². The Balaban J connectivity index is 1.04. The van der Waals surface area contributed by atoms with E-state index in [9.17, 15) is 64.9 Å². The van der Waals surface area contributed by atoms with Crippen LogP contribution in [-0.4, -0.2) is 82.9 Å². The van der Waals surface area contributed by atoms with Crippen LogP contribution < -0.4 is 21.5 Å². The minimum Gasteiger partial charge on any atom is -0.478 e. The van der Waals surface area contributed by atoms with Crippen molar-refractivity contribution in [2.45, 2.75) is 13.8 Å². The van der Waals surface area contributed by atoms with Crippen molar-refractivity contribution in [1.29, 1.82) is 0 Å². The van der Waals surface area contributed by atoms with Crippen LogP contribution in [0.1, 0.15) is 84.4 Å². The van der Waals surface area contributed by atoms with Gasteiger partial charge in [0.25, 0.3) is 32.1 Å². The van der Waals surface area contributed by atoms with E-state index in [1.807, 2.05) is 0 Å². The molecule has 0 radical (unpaired) electrons. The molecule has 2 aliphatic carbocycles. The third kappa shape index (κ3) is 9.56. The van der Waals surface area contributed by atoms with Crippen molar-refractivity contribution in [3.05, 3.63) is 163 Å². The summed E-state index contributed by atoms with van der Waals surface area (Å²) in [6.07, 6.45) is 2.00. The van der Waals surface area contributed by atoms with E-state index in [4.69, 9.17) is 0 Å². The molecule has 2 aliphatic rings. The Bertz CT molecular complexity index is 3140. The molecule has 5 aromatic carbocycles. The number of allylic oxidation sites excluding steroid dienone is 2. The maximum absolute atomic E-state index is 13.5. The van der Waals surface area contributed by atoms with Crippen LogP contribution >= 0.6 is 0 Å². The fourth-order valence-corrected chi connectivity index (χ4v) is 8.01. The highest BCUT2D eigenvalue weighted by Gasteiger charge is 2.34. The Kier molecular flexibility index (Phi) is 12.2. The number of ketones is 2. The number of hydrogen-bond acceptors (Lipinski definition) is 14. The number of carboxylic acids is 2. The molecule has 22 heteroatoms. The predicted octanol–water partition coefficient (Wildman–Crippen LogP) is 5.99. The molecule has 0 unspecified atom stereocenters. The number of amides is 2. The molecular formula is C44H32N6O14S2. The average Bonchev–Trinajstić information content (AvgIpc) is 3.25. The van der Waals surface area contributed by atoms with Gasteiger partial charge in [0.05, 0.1) is 22.5 Å². The zero-order valence-corrected chi connectivity index (χ0v) is 35.6. The van der Waals surface area contributed by atoms with Gasteiger partial charge in [-0.15, -0.1) is 0 Å². The Morgan fingerprint density at radius 3 is 1.17 bits per heavy atom. The number of rotatable bonds is 12. The number of hydrazone groups is 2. The first-order valence-corrected chi connectivity index (χ1v) is 21.8. The average molecular weight is 933 g/mol. The maximum Gasteiger partial charge on any atom is 0.335 e. The quantitative estimate of drug-likeness (QED) is 0.0526. The molecule has 0 aliphatic heterocycles. The van der Waals surface area contributed by atoms with Gasteiger partial charge in [0.2, 0.25) is 11.6 Å². The number of aryl methyl sites for hydroxylation is 2. The van der Waals surface area contributed by atoms with Crippen molar-refractivity contribution in [2.24, 2.45) is 10.2 Å². The maximum atomic E-state index is 13.5. The molecular weight excluding hydrogens is 901 g/mol. The lowest BCUT2D eigenvalue weighted by atomic mass is 9.94. The van der Waals surface area contributed by atoms with Gasteiger partial charge in [-0.3, -0.25) is 39.1 Å². The van der Waals surface area contributed by atoms with Crippen LogP contribution in [-0.2, 0) is 20.2 Å². The number of benzene rings is 5. The van der Waals surface area contributed by atoms with E-state index < -0.39 is 76.8 Å². The van der Waals surface area contributed by atoms with Crippen LogP contribution in [0.4, 0.5) is 22.7 Å². The summed E-state index contributed by atoms with van der Waals surface area (Å²) < 4.78 is 69.6. The van der Waals surface area contributed by atoms with E-state index in [2.05, 4.69) is 31.7 Å². The van der Waals surface area contributed by atoms with E-state index >= 15 is 0 Å². The summed E-state index contributed by atoms with van der Waals surface area (Å²) in [6, 6.07) is 21.3. The lowest BCUT2D eigenvalue weighted by molar-refractivity contribution is 0.0686. The lowest BCUT2D eigenvalue weighted by Crippen LogP contribution is -2.27. The first-order chi connectivity index (χ1) is 31.1. The summed E-state index contributed by atoms with van der Waals surface area (Å²) in [7, 11) is -10.0. The van der Waals surface area contributed by atoms with Gasteiger partial charge in [0, 0.05) is 33.6 Å². The first-order valence-electron chi connectivity index (χ1n) is 18.9. The van der Waals surface area contributed by atoms with Gasteiger partial charge < -0.3 is 20.8 Å². The molecule has 0 atom stereocenters. The molecule has 0 saturated carbocycles. The highest BCUT2D eigenvalue weighted by Crippen LogP contribution is 2.31. The first kappa shape index (κ1) is 45.6. The third-order valence-electron chi connectivity index (χ3n) is 10.1. The lowest BCUT2D eigenvalue weighted by Gasteiger charge is -2.18. The minimum atomic E-state index is -5.02. The summed E-state index contributed by atoms with van der Waals surface area (Å²) in [4.78, 5) is 74.3. The highest BCUT2D eigenvalue weighted by molar-refractivity contribution is 7.91. The smallest absolute Gasteiger partial charge is 0.335 e. The number of carbonyl (C=O) groups excluding carboxylic acids is 4. The zero-order chi connectivity index (χ0) is 47.8. The van der Waals surface area contributed by atoms with Crippen LogP contribution in [0.5, 0.6) is 0 Å². The summed E-state index contributed by atoms with van der Waals surface area (Å²) in [5.74, 6) is -5.43. The van der Waals surface area contributed by atoms with Gasteiger partial charge >= 0.3 is 11.9 Å². The third-order valence-corrected chi connectivity index (χ3v) is 11.8. The van der Waals surface area contributed by atoms with Gasteiger partial charge in [0.1, 0.15) is 9.81 Å². The van der Waals surface area contributed by atoms with E-state index in [0.29, 0.717) is 11.1 Å². The SMILES string of the molecule is Cc1cc(C(=O)O)ccc1N/N=C1\C(=O)c2ccc(NC(=O)c3ccc(C(=O)Nc4ccc5c(c4)C=C(S(=O)(=O)O)/C(=N/Nc4ccc(C(=O)O)cc4C)C5=O)cc3)cc2C=C1S(=O)(=O)O. The summed E-state index contributed by atoms with van der Waals surface area (Å²) in [5.41, 5.74) is 5.55. The van der Waals surface area contributed by atoms with Crippen LogP contribution in [0.2, 0.25) is 0 Å². The number of nitrogens with one attached hydrogen (secondary N) is 4. The molecule has 7 rings (SSSR count). The van der Waals surface area contributed by atoms with Gasteiger partial charge in [-0.05, 0) is 145 Å². The molecule has 2 amide bonds. The van der Waals surface area contributed by atoms with E-state index in [0.717, 1.165) is 12.2 Å². The topological polar surface area (TPSA) is 324 Å². The Morgan fingerprint density at radius 2 is 0.848 bits per heavy atom. The van der Waals surface area contributed by atoms with Crippen molar-refractivity contribution in [1.82, 2.24) is 0 Å². The Labute approximate surface area is 373 Å². The van der Waals surface area contributed by atoms with E-state index in [1.54, 1.807) is 13.8 Å². The molecule has 5 aromatic rings. The minimum absolute atomic E-state index is 0.0134. The second-order valence-electron chi connectivity index (χ2n) is 14.5. The predicted molar refractivity (Wildman–Crippen MR) is 241 cm³/mol. The second kappa shape index (κ2) is 17.6. The fourth-order valence-electron chi connectivity index (χ4n) is 6.69. The zero-order valence-electron chi connectivity index (χ0n) is 34.0. The largest absolute Gasteiger partial charge is 0.478 e. The molecule has 0 fully saturated rings. The molecule has 20 nitrogen and oxygen atoms in total. The van der Waals surface area contributed by atoms with Crippen LogP contribution in [0.3, 0.4) is 0 Å². The number of carboxylic acid groups (broad SMARTS) is 2. The molecule has 8 N–H and O–H groups in total.